The molecule has 0 bridgehead atoms. The fourth-order valence-corrected chi connectivity index (χ4v) is 6.50. The molecule has 8 nitrogen and oxygen atoms in total. The molecule has 0 aromatic carbocycles. The van der Waals surface area contributed by atoms with E-state index in [1.54, 1.807) is 0 Å². The van der Waals surface area contributed by atoms with Crippen molar-refractivity contribution in [3.63, 3.8) is 0 Å². The number of hydrogen-bond donors (Lipinski definition) is 1. The monoisotopic (exact) mass is 871 g/mol. The highest BCUT2D eigenvalue weighted by atomic mass is 31.2. The number of unbranched alkanes of at least 4 members (excludes halogenated alkanes) is 10. The van der Waals surface area contributed by atoms with Crippen molar-refractivity contribution in [1.29, 1.82) is 0 Å². The summed E-state index contributed by atoms with van der Waals surface area (Å²) >= 11 is 0. The van der Waals surface area contributed by atoms with E-state index in [2.05, 4.69) is 123 Å². The molecule has 0 aliphatic rings. The maximum atomic E-state index is 12.7. The van der Waals surface area contributed by atoms with Crippen molar-refractivity contribution in [2.75, 3.05) is 54.1 Å². The molecule has 1 N–H and O–H groups in total. The molecular formula is C52H89NO7P+. The van der Waals surface area contributed by atoms with Gasteiger partial charge in [0.25, 0.3) is 0 Å². The highest BCUT2D eigenvalue weighted by Crippen LogP contribution is 2.43. The molecule has 0 aliphatic heterocycles. The van der Waals surface area contributed by atoms with E-state index in [0.717, 1.165) is 96.3 Å². The van der Waals surface area contributed by atoms with E-state index >= 15 is 0 Å². The number of rotatable bonds is 42. The number of carbonyl (C=O) groups excluding carboxylic acids is 1. The molecule has 0 saturated carbocycles. The second-order valence-electron chi connectivity index (χ2n) is 16.4. The Morgan fingerprint density at radius 2 is 0.902 bits per heavy atom. The van der Waals surface area contributed by atoms with Crippen LogP contribution in [0, 0.1) is 0 Å². The number of allylic oxidation sites excluding steroid dienone is 18. The van der Waals surface area contributed by atoms with Gasteiger partial charge in [-0.3, -0.25) is 13.8 Å². The zero-order valence-electron chi connectivity index (χ0n) is 39.4. The van der Waals surface area contributed by atoms with Crippen molar-refractivity contribution >= 4 is 13.8 Å². The minimum absolute atomic E-state index is 0.0708. The molecule has 0 rings (SSSR count). The van der Waals surface area contributed by atoms with E-state index in [1.807, 2.05) is 21.1 Å². The number of hydrogen-bond acceptors (Lipinski definition) is 6. The molecule has 348 valence electrons. The van der Waals surface area contributed by atoms with Gasteiger partial charge in [0.1, 0.15) is 19.3 Å². The molecule has 0 aromatic rings. The Morgan fingerprint density at radius 3 is 1.34 bits per heavy atom. The van der Waals surface area contributed by atoms with Crippen LogP contribution < -0.4 is 0 Å². The number of carbonyl (C=O) groups is 1. The van der Waals surface area contributed by atoms with Gasteiger partial charge in [-0.2, -0.15) is 0 Å². The molecule has 0 heterocycles. The number of esters is 1. The molecule has 2 atom stereocenters. The first-order valence-electron chi connectivity index (χ1n) is 23.6. The molecule has 2 unspecified atom stereocenters. The topological polar surface area (TPSA) is 91.3 Å². The number of nitrogens with zero attached hydrogens (tertiary/aromatic N) is 1. The molecule has 9 heteroatoms. The van der Waals surface area contributed by atoms with Gasteiger partial charge in [0.05, 0.1) is 34.4 Å². The molecule has 0 saturated heterocycles. The Kier molecular flexibility index (Phi) is 41.8. The summed E-state index contributed by atoms with van der Waals surface area (Å²) < 4.78 is 34.9. The standard InChI is InChI=1S/C52H88NO7P/c1-6-8-10-12-14-16-18-20-22-23-24-25-26-27-28-29-30-31-32-33-35-37-39-41-43-45-52(54)60-51(50-59-61(55,56)58-48-46-53(3,4)5)49-57-47-44-42-40-38-36-34-21-19-17-15-13-11-9-7-2/h8-11,14-17,20-22,24-25,27-28,34,38,40,51H,6-7,12-13,18-19,23,26,29-33,35-37,39,41-50H2,1-5H3/p+1/b10-8-,11-9-,16-14-,17-15-,22-20-,25-24-,28-27-,34-21-,40-38-. The number of quaternary nitrogens is 1. The first-order chi connectivity index (χ1) is 29.6. The van der Waals surface area contributed by atoms with Crippen LogP contribution in [0.3, 0.4) is 0 Å². The summed E-state index contributed by atoms with van der Waals surface area (Å²) in [5, 5.41) is 0. The van der Waals surface area contributed by atoms with Gasteiger partial charge < -0.3 is 18.9 Å². The van der Waals surface area contributed by atoms with Crippen molar-refractivity contribution in [2.45, 2.75) is 161 Å². The van der Waals surface area contributed by atoms with Crippen LogP contribution in [-0.2, 0) is 27.9 Å². The van der Waals surface area contributed by atoms with Crippen molar-refractivity contribution in [1.82, 2.24) is 0 Å². The van der Waals surface area contributed by atoms with Crippen LogP contribution in [-0.4, -0.2) is 75.6 Å². The van der Waals surface area contributed by atoms with Gasteiger partial charge in [-0.25, -0.2) is 4.57 Å². The van der Waals surface area contributed by atoms with E-state index < -0.39 is 13.9 Å². The largest absolute Gasteiger partial charge is 0.472 e. The lowest BCUT2D eigenvalue weighted by Gasteiger charge is -2.24. The number of likely N-dealkylation sites (N-methyl/N-ethyl adjacent to an activating group) is 1. The lowest BCUT2D eigenvalue weighted by Crippen LogP contribution is -2.37. The summed E-state index contributed by atoms with van der Waals surface area (Å²) in [4.78, 5) is 22.9. The summed E-state index contributed by atoms with van der Waals surface area (Å²) in [7, 11) is 1.61. The lowest BCUT2D eigenvalue weighted by atomic mass is 10.1. The van der Waals surface area contributed by atoms with E-state index in [0.29, 0.717) is 24.1 Å². The van der Waals surface area contributed by atoms with Gasteiger partial charge in [0.15, 0.2) is 0 Å². The number of phosphoric ester groups is 1. The molecule has 0 aromatic heterocycles. The van der Waals surface area contributed by atoms with Crippen molar-refractivity contribution in [3.05, 3.63) is 109 Å². The van der Waals surface area contributed by atoms with Crippen LogP contribution in [0.2, 0.25) is 0 Å². The van der Waals surface area contributed by atoms with Crippen LogP contribution in [0.4, 0.5) is 0 Å². The van der Waals surface area contributed by atoms with Crippen LogP contribution in [0.5, 0.6) is 0 Å². The predicted octanol–water partition coefficient (Wildman–Crippen LogP) is 14.4. The molecular weight excluding hydrogens is 782 g/mol. The van der Waals surface area contributed by atoms with E-state index in [-0.39, 0.29) is 25.8 Å². The first kappa shape index (κ1) is 58.2. The molecule has 0 aliphatic carbocycles. The third-order valence-electron chi connectivity index (χ3n) is 9.33. The average Bonchev–Trinajstić information content (AvgIpc) is 3.22. The third-order valence-corrected chi connectivity index (χ3v) is 10.3. The normalized spacial score (nSPS) is 14.7. The second kappa shape index (κ2) is 43.8. The van der Waals surface area contributed by atoms with Gasteiger partial charge in [0.2, 0.25) is 0 Å². The van der Waals surface area contributed by atoms with Gasteiger partial charge in [-0.05, 0) is 89.9 Å². The predicted molar refractivity (Wildman–Crippen MR) is 261 cm³/mol. The van der Waals surface area contributed by atoms with Crippen LogP contribution in [0.1, 0.15) is 155 Å². The average molecular weight is 871 g/mol. The summed E-state index contributed by atoms with van der Waals surface area (Å²) in [6.45, 7) is 5.20. The zero-order chi connectivity index (χ0) is 44.8. The summed E-state index contributed by atoms with van der Waals surface area (Å²) in [6.07, 6.45) is 61.5. The summed E-state index contributed by atoms with van der Waals surface area (Å²) in [5.41, 5.74) is 0. The van der Waals surface area contributed by atoms with Gasteiger partial charge >= 0.3 is 13.8 Å². The quantitative estimate of drug-likeness (QED) is 0.0215. The summed E-state index contributed by atoms with van der Waals surface area (Å²) in [5.74, 6) is -0.344. The first-order valence-corrected chi connectivity index (χ1v) is 25.1. The van der Waals surface area contributed by atoms with E-state index in [1.165, 1.54) is 38.5 Å². The summed E-state index contributed by atoms with van der Waals surface area (Å²) in [6, 6.07) is 0. The molecule has 0 radical (unpaired) electrons. The van der Waals surface area contributed by atoms with E-state index in [4.69, 9.17) is 18.5 Å². The van der Waals surface area contributed by atoms with Crippen molar-refractivity contribution in [2.24, 2.45) is 0 Å². The van der Waals surface area contributed by atoms with Crippen LogP contribution >= 0.6 is 7.82 Å². The van der Waals surface area contributed by atoms with Crippen molar-refractivity contribution < 1.29 is 37.3 Å². The maximum Gasteiger partial charge on any atom is 0.472 e. The Bertz CT molecular complexity index is 1340. The second-order valence-corrected chi connectivity index (χ2v) is 17.8. The Labute approximate surface area is 374 Å². The van der Waals surface area contributed by atoms with E-state index in [9.17, 15) is 14.3 Å². The fourth-order valence-electron chi connectivity index (χ4n) is 5.76. The van der Waals surface area contributed by atoms with Crippen LogP contribution in [0.15, 0.2) is 109 Å². The van der Waals surface area contributed by atoms with Crippen LogP contribution in [0.25, 0.3) is 0 Å². The zero-order valence-corrected chi connectivity index (χ0v) is 40.2. The smallest absolute Gasteiger partial charge is 0.457 e. The Hall–Kier alpha value is -2.84. The molecule has 0 fully saturated rings. The highest BCUT2D eigenvalue weighted by Gasteiger charge is 2.26. The van der Waals surface area contributed by atoms with Gasteiger partial charge in [0, 0.05) is 13.0 Å². The minimum Gasteiger partial charge on any atom is -0.457 e. The highest BCUT2D eigenvalue weighted by molar-refractivity contribution is 7.47. The van der Waals surface area contributed by atoms with Gasteiger partial charge in [-0.1, -0.05) is 168 Å². The fraction of sp³-hybridized carbons (Fsp3) is 0.635. The molecule has 0 spiro atoms. The Balaban J connectivity index is 4.24. The number of ether oxygens (including phenoxy) is 2. The van der Waals surface area contributed by atoms with Crippen molar-refractivity contribution in [3.8, 4) is 0 Å². The number of phosphoric acid groups is 1. The lowest BCUT2D eigenvalue weighted by molar-refractivity contribution is -0.870. The Morgan fingerprint density at radius 1 is 0.508 bits per heavy atom. The minimum atomic E-state index is -4.30. The molecule has 0 amide bonds. The maximum absolute atomic E-state index is 12.7. The third kappa shape index (κ3) is 48.1. The van der Waals surface area contributed by atoms with Gasteiger partial charge in [-0.15, -0.1) is 0 Å². The molecule has 61 heavy (non-hydrogen) atoms. The SMILES string of the molecule is CC/C=C\C/C=C\C/C=C\C/C=C\C/C=C\CCCCCCCCCCCC(=O)OC(COCCC/C=C\C/C=C\C/C=C\C/C=C\CC)COP(=O)(O)OCC[N+](C)(C)C.